The van der Waals surface area contributed by atoms with Crippen LogP contribution in [0.3, 0.4) is 0 Å². The Morgan fingerprint density at radius 2 is 1.95 bits per heavy atom. The van der Waals surface area contributed by atoms with Crippen LogP contribution in [0.15, 0.2) is 59.2 Å². The minimum absolute atomic E-state index is 0.0949. The van der Waals surface area contributed by atoms with Crippen molar-refractivity contribution in [3.05, 3.63) is 81.8 Å². The molecule has 0 radical (unpaired) electrons. The third-order valence-corrected chi connectivity index (χ3v) is 7.48. The average Bonchev–Trinajstić information content (AvgIpc) is 3.21. The van der Waals surface area contributed by atoms with E-state index in [0.29, 0.717) is 29.8 Å². The number of aliphatic hydroxyl groups is 1. The number of hydrogen-bond acceptors (Lipinski definition) is 6. The molecule has 1 heterocycles. The van der Waals surface area contributed by atoms with Gasteiger partial charge in [-0.1, -0.05) is 73.5 Å². The van der Waals surface area contributed by atoms with Crippen molar-refractivity contribution in [2.45, 2.75) is 57.8 Å². The van der Waals surface area contributed by atoms with Crippen molar-refractivity contribution in [2.24, 2.45) is 0 Å². The normalized spacial score (nSPS) is 14.7. The summed E-state index contributed by atoms with van der Waals surface area (Å²) in [5.41, 5.74) is 1.14. The minimum Gasteiger partial charge on any atom is -0.465 e. The van der Waals surface area contributed by atoms with Crippen molar-refractivity contribution in [1.29, 1.82) is 0 Å². The maximum Gasteiger partial charge on any atom is 0.324 e. The van der Waals surface area contributed by atoms with Crippen LogP contribution in [0.5, 0.6) is 0 Å². The van der Waals surface area contributed by atoms with Gasteiger partial charge in [-0.05, 0) is 49.2 Å². The molecule has 1 atom stereocenters. The molecule has 1 aliphatic rings. The molecule has 2 amide bonds. The number of aliphatic hydroxyl groups excluding tert-OH is 1. The number of halogens is 1. The lowest BCUT2D eigenvalue weighted by Gasteiger charge is -2.30. The lowest BCUT2D eigenvalue weighted by atomic mass is 9.66. The summed E-state index contributed by atoms with van der Waals surface area (Å²) in [5.74, 6) is -0.682. The predicted octanol–water partition coefficient (Wildman–Crippen LogP) is 3.33. The van der Waals surface area contributed by atoms with E-state index in [-0.39, 0.29) is 49.0 Å². The molecule has 11 heteroatoms. The van der Waals surface area contributed by atoms with E-state index in [4.69, 9.17) is 21.3 Å². The van der Waals surface area contributed by atoms with E-state index < -0.39 is 17.3 Å². The van der Waals surface area contributed by atoms with Gasteiger partial charge in [0.05, 0.1) is 6.61 Å². The van der Waals surface area contributed by atoms with Crippen LogP contribution in [0.2, 0.25) is 0 Å². The molecule has 0 saturated carbocycles. The number of benzene rings is 1. The summed E-state index contributed by atoms with van der Waals surface area (Å²) >= 11 is 6.25. The van der Waals surface area contributed by atoms with Crippen molar-refractivity contribution >= 4 is 43.6 Å². The fraction of sp³-hybridized carbons (Fsp3) is 0.419. The van der Waals surface area contributed by atoms with Crippen LogP contribution in [0.1, 0.15) is 68.0 Å². The number of esters is 1. The molecule has 2 aromatic rings. The molecule has 1 unspecified atom stereocenters. The summed E-state index contributed by atoms with van der Waals surface area (Å²) in [6, 6.07) is 7.72. The van der Waals surface area contributed by atoms with E-state index in [1.165, 1.54) is 11.9 Å². The first-order valence-electron chi connectivity index (χ1n) is 14.1. The van der Waals surface area contributed by atoms with Crippen LogP contribution in [0, 0.1) is 0 Å². The molecule has 0 spiro atoms. The number of carbonyl (C=O) groups excluding carboxylic acids is 3. The Labute approximate surface area is 253 Å². The summed E-state index contributed by atoms with van der Waals surface area (Å²) in [6.07, 6.45) is 8.97. The third kappa shape index (κ3) is 7.22. The molecule has 0 aliphatic heterocycles. The van der Waals surface area contributed by atoms with Gasteiger partial charge in [-0.15, -0.1) is 0 Å². The Kier molecular flexibility index (Phi) is 11.0. The summed E-state index contributed by atoms with van der Waals surface area (Å²) in [6.45, 7) is 8.07. The number of nitrogens with zero attached hydrogens (tertiary/aromatic N) is 3. The standard InChI is InChI=1S/C31H40BClN4O5/c1-6-42-29(41)31(4,23-12-8-11-22(18-23)30(2,3)32)28-35-26(36(5)20-39)25(27(40)34-16-9-17-38)37(28)19-21-10-7-13-24(33)15-14-21/h8,10-15,18,20,38H,6-7,9,16-17,19,32H2,1-5H3,(H,34,40). The first-order chi connectivity index (χ1) is 19.9. The Bertz CT molecular complexity index is 1410. The van der Waals surface area contributed by atoms with Crippen molar-refractivity contribution in [3.63, 3.8) is 0 Å². The molecule has 9 nitrogen and oxygen atoms in total. The SMILES string of the molecule is BC(C)(C)c1cccc(C(C)(C(=O)OCC)c2nc(N(C)C=O)c(C(=O)NCCCO)n2CC2=CCC=C(Cl)C=C2)c1. The van der Waals surface area contributed by atoms with Gasteiger partial charge >= 0.3 is 5.97 Å². The number of carbonyl (C=O) groups is 3. The lowest BCUT2D eigenvalue weighted by molar-refractivity contribution is -0.148. The summed E-state index contributed by atoms with van der Waals surface area (Å²) < 4.78 is 7.32. The number of rotatable bonds is 13. The highest BCUT2D eigenvalue weighted by atomic mass is 35.5. The molecule has 0 bridgehead atoms. The van der Waals surface area contributed by atoms with Gasteiger partial charge in [0, 0.05) is 31.8 Å². The van der Waals surface area contributed by atoms with Gasteiger partial charge in [-0.3, -0.25) is 14.4 Å². The van der Waals surface area contributed by atoms with Crippen LogP contribution in [-0.4, -0.2) is 67.6 Å². The molecule has 0 fully saturated rings. The second-order valence-corrected chi connectivity index (χ2v) is 11.8. The number of nitrogens with one attached hydrogen (secondary N) is 1. The smallest absolute Gasteiger partial charge is 0.324 e. The van der Waals surface area contributed by atoms with Crippen molar-refractivity contribution in [1.82, 2.24) is 14.9 Å². The highest BCUT2D eigenvalue weighted by molar-refractivity contribution is 6.31. The zero-order chi connectivity index (χ0) is 31.1. The molecule has 3 rings (SSSR count). The lowest BCUT2D eigenvalue weighted by Crippen LogP contribution is -2.40. The van der Waals surface area contributed by atoms with Crippen LogP contribution in [0.4, 0.5) is 5.82 Å². The average molecular weight is 595 g/mol. The molecule has 1 aromatic carbocycles. The number of allylic oxidation sites excluding steroid dienone is 6. The van der Waals surface area contributed by atoms with Crippen LogP contribution in [0.25, 0.3) is 0 Å². The number of imidazole rings is 1. The highest BCUT2D eigenvalue weighted by Gasteiger charge is 2.45. The number of hydrogen-bond donors (Lipinski definition) is 2. The largest absolute Gasteiger partial charge is 0.465 e. The van der Waals surface area contributed by atoms with Crippen LogP contribution >= 0.6 is 11.6 Å². The van der Waals surface area contributed by atoms with Gasteiger partial charge in [0.1, 0.15) is 19.1 Å². The Balaban J connectivity index is 2.38. The second-order valence-electron chi connectivity index (χ2n) is 11.4. The Morgan fingerprint density at radius 3 is 2.60 bits per heavy atom. The fourth-order valence-electron chi connectivity index (χ4n) is 4.72. The zero-order valence-corrected chi connectivity index (χ0v) is 26.0. The van der Waals surface area contributed by atoms with Crippen LogP contribution < -0.4 is 10.2 Å². The third-order valence-electron chi connectivity index (χ3n) is 7.20. The maximum absolute atomic E-state index is 14.0. The zero-order valence-electron chi connectivity index (χ0n) is 25.2. The number of anilines is 1. The molecule has 1 aliphatic carbocycles. The molecular weight excluding hydrogens is 555 g/mol. The Morgan fingerprint density at radius 1 is 1.24 bits per heavy atom. The molecule has 224 valence electrons. The molecule has 1 aromatic heterocycles. The Hall–Kier alpha value is -3.63. The van der Waals surface area contributed by atoms with Gasteiger partial charge in [-0.25, -0.2) is 4.98 Å². The topological polar surface area (TPSA) is 114 Å². The van der Waals surface area contributed by atoms with Gasteiger partial charge in [0.2, 0.25) is 6.41 Å². The molecule has 42 heavy (non-hydrogen) atoms. The predicted molar refractivity (Wildman–Crippen MR) is 168 cm³/mol. The summed E-state index contributed by atoms with van der Waals surface area (Å²) in [5, 5.41) is 12.5. The van der Waals surface area contributed by atoms with Crippen molar-refractivity contribution in [2.75, 3.05) is 31.7 Å². The van der Waals surface area contributed by atoms with E-state index in [9.17, 15) is 19.5 Å². The fourth-order valence-corrected chi connectivity index (χ4v) is 4.87. The van der Waals surface area contributed by atoms with Crippen molar-refractivity contribution < 1.29 is 24.2 Å². The van der Waals surface area contributed by atoms with Gasteiger partial charge in [0.25, 0.3) is 5.91 Å². The number of amides is 2. The van der Waals surface area contributed by atoms with Gasteiger partial charge in [0.15, 0.2) is 11.5 Å². The van der Waals surface area contributed by atoms with Gasteiger partial charge < -0.3 is 24.6 Å². The minimum atomic E-state index is -1.45. The van der Waals surface area contributed by atoms with E-state index in [0.717, 1.165) is 11.1 Å². The number of aromatic nitrogens is 2. The van der Waals surface area contributed by atoms with E-state index in [1.807, 2.05) is 42.5 Å². The first-order valence-corrected chi connectivity index (χ1v) is 14.4. The second kappa shape index (κ2) is 14.0. The highest BCUT2D eigenvalue weighted by Crippen LogP contribution is 2.38. The van der Waals surface area contributed by atoms with Crippen molar-refractivity contribution in [3.8, 4) is 0 Å². The number of ether oxygens (including phenoxy) is 1. The van der Waals surface area contributed by atoms with E-state index >= 15 is 0 Å². The molecule has 2 N–H and O–H groups in total. The summed E-state index contributed by atoms with van der Waals surface area (Å²) in [4.78, 5) is 45.8. The molecule has 0 saturated heterocycles. The summed E-state index contributed by atoms with van der Waals surface area (Å²) in [7, 11) is 3.59. The van der Waals surface area contributed by atoms with E-state index in [2.05, 4.69) is 27.0 Å². The van der Waals surface area contributed by atoms with Crippen LogP contribution in [-0.2, 0) is 31.6 Å². The quantitative estimate of drug-likeness (QED) is 0.159. The maximum atomic E-state index is 14.0. The molecular formula is C31H40BClN4O5. The van der Waals surface area contributed by atoms with Gasteiger partial charge in [-0.2, -0.15) is 0 Å². The van der Waals surface area contributed by atoms with E-state index in [1.54, 1.807) is 24.5 Å². The first kappa shape index (κ1) is 32.9. The monoisotopic (exact) mass is 594 g/mol.